The van der Waals surface area contributed by atoms with E-state index in [4.69, 9.17) is 11.6 Å². The van der Waals surface area contributed by atoms with Gasteiger partial charge in [-0.3, -0.25) is 19.8 Å². The molecule has 0 aliphatic carbocycles. The van der Waals surface area contributed by atoms with Gasteiger partial charge in [0.25, 0.3) is 11.6 Å². The van der Waals surface area contributed by atoms with Gasteiger partial charge < -0.3 is 9.30 Å². The maximum absolute atomic E-state index is 12.7. The summed E-state index contributed by atoms with van der Waals surface area (Å²) >= 11 is 5.83. The van der Waals surface area contributed by atoms with Crippen LogP contribution in [0.5, 0.6) is 0 Å². The Bertz CT molecular complexity index is 1040. The average Bonchev–Trinajstić information content (AvgIpc) is 3.11. The molecule has 1 fully saturated rings. The van der Waals surface area contributed by atoms with E-state index in [2.05, 4.69) is 14.3 Å². The van der Waals surface area contributed by atoms with Crippen LogP contribution >= 0.6 is 11.6 Å². The van der Waals surface area contributed by atoms with Crippen LogP contribution in [0.3, 0.4) is 0 Å². The second kappa shape index (κ2) is 7.57. The highest BCUT2D eigenvalue weighted by atomic mass is 35.5. The number of halogens is 1. The second-order valence-corrected chi connectivity index (χ2v) is 7.08. The van der Waals surface area contributed by atoms with Crippen molar-refractivity contribution in [1.29, 1.82) is 0 Å². The monoisotopic (exact) mass is 399 g/mol. The number of aromatic nitrogens is 2. The van der Waals surface area contributed by atoms with Gasteiger partial charge in [0.05, 0.1) is 16.8 Å². The lowest BCUT2D eigenvalue weighted by molar-refractivity contribution is -0.384. The number of nitro benzene ring substituents is 1. The first-order valence-corrected chi connectivity index (χ1v) is 9.27. The van der Waals surface area contributed by atoms with Gasteiger partial charge >= 0.3 is 0 Å². The summed E-state index contributed by atoms with van der Waals surface area (Å²) in [5, 5.41) is 11.1. The third-order valence-corrected chi connectivity index (χ3v) is 5.25. The fraction of sp³-hybridized carbons (Fsp3) is 0.263. The van der Waals surface area contributed by atoms with E-state index < -0.39 is 4.92 Å². The lowest BCUT2D eigenvalue weighted by Crippen LogP contribution is -2.48. The predicted octanol–water partition coefficient (Wildman–Crippen LogP) is 2.85. The number of nitro groups is 1. The van der Waals surface area contributed by atoms with Gasteiger partial charge in [0.15, 0.2) is 0 Å². The van der Waals surface area contributed by atoms with Crippen molar-refractivity contribution in [2.45, 2.75) is 6.54 Å². The standard InChI is InChI=1S/C19H18ClN5O3/c20-16-5-4-14(11-17(16)25(27)28)19(26)23-9-7-22(8-10-23)13-15-12-21-18-3-1-2-6-24(15)18/h1-6,11-12H,7-10,13H2. The summed E-state index contributed by atoms with van der Waals surface area (Å²) in [5.74, 6) is -0.214. The summed E-state index contributed by atoms with van der Waals surface area (Å²) in [4.78, 5) is 31.6. The Morgan fingerprint density at radius 1 is 1.18 bits per heavy atom. The molecule has 0 unspecified atom stereocenters. The quantitative estimate of drug-likeness (QED) is 0.497. The molecule has 0 atom stereocenters. The van der Waals surface area contributed by atoms with Gasteiger partial charge in [-0.1, -0.05) is 17.7 Å². The van der Waals surface area contributed by atoms with Crippen LogP contribution in [0.2, 0.25) is 5.02 Å². The van der Waals surface area contributed by atoms with Gasteiger partial charge in [-0.15, -0.1) is 0 Å². The van der Waals surface area contributed by atoms with E-state index in [1.165, 1.54) is 18.2 Å². The van der Waals surface area contributed by atoms with Crippen molar-refractivity contribution in [1.82, 2.24) is 19.2 Å². The van der Waals surface area contributed by atoms with Crippen molar-refractivity contribution >= 4 is 28.8 Å². The molecule has 0 radical (unpaired) electrons. The Morgan fingerprint density at radius 3 is 2.71 bits per heavy atom. The van der Waals surface area contributed by atoms with Crippen LogP contribution in [0.15, 0.2) is 48.8 Å². The molecular formula is C19H18ClN5O3. The highest BCUT2D eigenvalue weighted by molar-refractivity contribution is 6.32. The number of hydrogen-bond acceptors (Lipinski definition) is 5. The zero-order chi connectivity index (χ0) is 19.7. The Kier molecular flexibility index (Phi) is 4.97. The zero-order valence-electron chi connectivity index (χ0n) is 15.0. The molecule has 3 heterocycles. The van der Waals surface area contributed by atoms with E-state index in [9.17, 15) is 14.9 Å². The number of amides is 1. The van der Waals surface area contributed by atoms with Crippen LogP contribution in [0.1, 0.15) is 16.1 Å². The number of rotatable bonds is 4. The van der Waals surface area contributed by atoms with Crippen molar-refractivity contribution in [3.05, 3.63) is 75.2 Å². The molecule has 0 bridgehead atoms. The molecule has 1 amide bonds. The normalized spacial score (nSPS) is 15.1. The van der Waals surface area contributed by atoms with E-state index in [0.717, 1.165) is 31.0 Å². The van der Waals surface area contributed by atoms with Gasteiger partial charge in [-0.2, -0.15) is 0 Å². The SMILES string of the molecule is O=C(c1ccc(Cl)c([N+](=O)[O-])c1)N1CCN(Cc2cnc3ccccn23)CC1. The number of imidazole rings is 1. The largest absolute Gasteiger partial charge is 0.336 e. The molecule has 1 saturated heterocycles. The molecule has 0 saturated carbocycles. The zero-order valence-corrected chi connectivity index (χ0v) is 15.7. The number of fused-ring (bicyclic) bond motifs is 1. The third kappa shape index (κ3) is 3.56. The van der Waals surface area contributed by atoms with Crippen molar-refractivity contribution in [2.75, 3.05) is 26.2 Å². The van der Waals surface area contributed by atoms with Crippen LogP contribution in [-0.2, 0) is 6.54 Å². The molecule has 4 rings (SSSR count). The van der Waals surface area contributed by atoms with Crippen molar-refractivity contribution in [3.63, 3.8) is 0 Å². The Balaban J connectivity index is 1.40. The molecule has 2 aromatic heterocycles. The number of hydrogen-bond donors (Lipinski definition) is 0. The maximum Gasteiger partial charge on any atom is 0.288 e. The maximum atomic E-state index is 12.7. The number of pyridine rings is 1. The predicted molar refractivity (Wildman–Crippen MR) is 104 cm³/mol. The van der Waals surface area contributed by atoms with Crippen molar-refractivity contribution in [3.8, 4) is 0 Å². The summed E-state index contributed by atoms with van der Waals surface area (Å²) in [7, 11) is 0. The molecule has 144 valence electrons. The van der Waals surface area contributed by atoms with E-state index in [-0.39, 0.29) is 22.2 Å². The topological polar surface area (TPSA) is 84.0 Å². The Morgan fingerprint density at radius 2 is 1.96 bits per heavy atom. The number of carbonyl (C=O) groups excluding carboxylic acids is 1. The molecule has 3 aromatic rings. The fourth-order valence-corrected chi connectivity index (χ4v) is 3.59. The van der Waals surface area contributed by atoms with E-state index in [0.29, 0.717) is 13.1 Å². The van der Waals surface area contributed by atoms with Crippen LogP contribution in [0, 0.1) is 10.1 Å². The Labute approximate surface area is 166 Å². The first-order valence-electron chi connectivity index (χ1n) is 8.89. The lowest BCUT2D eigenvalue weighted by atomic mass is 10.1. The molecule has 1 aromatic carbocycles. The van der Waals surface area contributed by atoms with E-state index in [1.807, 2.05) is 30.6 Å². The van der Waals surface area contributed by atoms with Crippen LogP contribution in [-0.4, -0.2) is 56.2 Å². The van der Waals surface area contributed by atoms with E-state index >= 15 is 0 Å². The highest BCUT2D eigenvalue weighted by Crippen LogP contribution is 2.26. The molecular weight excluding hydrogens is 382 g/mol. The average molecular weight is 400 g/mol. The molecule has 8 nitrogen and oxygen atoms in total. The van der Waals surface area contributed by atoms with Crippen LogP contribution < -0.4 is 0 Å². The smallest absolute Gasteiger partial charge is 0.288 e. The lowest BCUT2D eigenvalue weighted by Gasteiger charge is -2.34. The minimum absolute atomic E-state index is 0.0272. The summed E-state index contributed by atoms with van der Waals surface area (Å²) in [6.45, 7) is 3.32. The van der Waals surface area contributed by atoms with Gasteiger partial charge in [0, 0.05) is 50.6 Å². The Hall–Kier alpha value is -2.97. The van der Waals surface area contributed by atoms with Crippen LogP contribution in [0.4, 0.5) is 5.69 Å². The molecule has 1 aliphatic rings. The van der Waals surface area contributed by atoms with Gasteiger partial charge in [-0.25, -0.2) is 4.98 Å². The number of nitrogens with zero attached hydrogens (tertiary/aromatic N) is 5. The number of carbonyl (C=O) groups is 1. The minimum Gasteiger partial charge on any atom is -0.336 e. The molecule has 9 heteroatoms. The summed E-state index contributed by atoms with van der Waals surface area (Å²) in [6.07, 6.45) is 3.87. The van der Waals surface area contributed by atoms with Gasteiger partial charge in [-0.05, 0) is 24.3 Å². The summed E-state index contributed by atoms with van der Waals surface area (Å²) in [6, 6.07) is 10.1. The van der Waals surface area contributed by atoms with Crippen molar-refractivity contribution in [2.24, 2.45) is 0 Å². The fourth-order valence-electron chi connectivity index (χ4n) is 3.41. The second-order valence-electron chi connectivity index (χ2n) is 6.67. The molecule has 0 spiro atoms. The van der Waals surface area contributed by atoms with Gasteiger partial charge in [0.2, 0.25) is 0 Å². The van der Waals surface area contributed by atoms with Gasteiger partial charge in [0.1, 0.15) is 10.7 Å². The number of benzene rings is 1. The molecule has 1 aliphatic heterocycles. The van der Waals surface area contributed by atoms with Crippen LogP contribution in [0.25, 0.3) is 5.65 Å². The first kappa shape index (κ1) is 18.4. The first-order chi connectivity index (χ1) is 13.5. The highest BCUT2D eigenvalue weighted by Gasteiger charge is 2.24. The third-order valence-electron chi connectivity index (χ3n) is 4.93. The summed E-state index contributed by atoms with van der Waals surface area (Å²) < 4.78 is 2.06. The number of piperazine rings is 1. The summed E-state index contributed by atoms with van der Waals surface area (Å²) in [5.41, 5.74) is 2.05. The minimum atomic E-state index is -0.576. The molecule has 0 N–H and O–H groups in total. The van der Waals surface area contributed by atoms with E-state index in [1.54, 1.807) is 4.90 Å². The molecule has 28 heavy (non-hydrogen) atoms. The van der Waals surface area contributed by atoms with Crippen molar-refractivity contribution < 1.29 is 9.72 Å².